The third kappa shape index (κ3) is 8.79. The molecule has 5 aliphatic heterocycles. The first-order valence-corrected chi connectivity index (χ1v) is 22.9. The Kier molecular flexibility index (Phi) is 14.2. The summed E-state index contributed by atoms with van der Waals surface area (Å²) >= 11 is 0. The molecule has 1 aromatic rings. The number of aliphatic hydroxyl groups excluding tert-OH is 1. The van der Waals surface area contributed by atoms with E-state index in [1.54, 1.807) is 19.1 Å². The molecule has 1 amide bonds. The Morgan fingerprint density at radius 2 is 1.63 bits per heavy atom. The van der Waals surface area contributed by atoms with Crippen LogP contribution in [-0.2, 0) is 33.3 Å². The van der Waals surface area contributed by atoms with Gasteiger partial charge in [-0.2, -0.15) is 0 Å². The first-order valence-electron chi connectivity index (χ1n) is 22.9. The molecule has 6 heterocycles. The molecule has 0 aliphatic carbocycles. The summed E-state index contributed by atoms with van der Waals surface area (Å²) in [6.07, 6.45) is 7.79. The molecule has 13 heteroatoms. The number of nitrogens with one attached hydrogen (secondary N) is 1. The predicted molar refractivity (Wildman–Crippen MR) is 223 cm³/mol. The first-order chi connectivity index (χ1) is 28.3. The third-order valence-corrected chi connectivity index (χ3v) is 15.5. The smallest absolute Gasteiger partial charge is 0.309 e. The van der Waals surface area contributed by atoms with Crippen molar-refractivity contribution in [1.82, 2.24) is 5.32 Å². The van der Waals surface area contributed by atoms with E-state index in [4.69, 9.17) is 28.1 Å². The average Bonchev–Trinajstić information content (AvgIpc) is 3.88. The molecule has 13 nitrogen and oxygen atoms in total. The van der Waals surface area contributed by atoms with Crippen LogP contribution >= 0.6 is 0 Å². The molecule has 18 atom stereocenters. The normalized spacial score (nSPS) is 42.0. The largest absolute Gasteiger partial charge is 0.481 e. The van der Waals surface area contributed by atoms with Crippen molar-refractivity contribution < 1.29 is 57.8 Å². The summed E-state index contributed by atoms with van der Waals surface area (Å²) in [6, 6.07) is 2.53. The van der Waals surface area contributed by atoms with E-state index in [2.05, 4.69) is 26.1 Å². The van der Waals surface area contributed by atoms with Gasteiger partial charge in [-0.3, -0.25) is 14.4 Å². The Balaban J connectivity index is 1.24. The second-order valence-corrected chi connectivity index (χ2v) is 19.4. The minimum absolute atomic E-state index is 0.0284. The van der Waals surface area contributed by atoms with E-state index in [1.165, 1.54) is 6.26 Å². The number of carbonyl (C=O) groups excluding carboxylic acids is 2. The minimum atomic E-state index is -1.37. The molecule has 0 saturated carbocycles. The van der Waals surface area contributed by atoms with Crippen molar-refractivity contribution >= 4 is 17.7 Å². The van der Waals surface area contributed by atoms with Gasteiger partial charge >= 0.3 is 5.97 Å². The van der Waals surface area contributed by atoms with Crippen LogP contribution in [0.25, 0.3) is 0 Å². The highest BCUT2D eigenvalue weighted by Gasteiger charge is 2.63. The lowest BCUT2D eigenvalue weighted by molar-refractivity contribution is -0.397. The quantitative estimate of drug-likeness (QED) is 0.138. The van der Waals surface area contributed by atoms with Gasteiger partial charge in [-0.1, -0.05) is 61.5 Å². The maximum atomic E-state index is 14.6. The number of hydrogen-bond donors (Lipinski definition) is 4. The van der Waals surface area contributed by atoms with Crippen molar-refractivity contribution in [3.63, 3.8) is 0 Å². The van der Waals surface area contributed by atoms with Crippen LogP contribution in [0.1, 0.15) is 144 Å². The molecule has 0 aromatic carbocycles. The molecule has 4 saturated heterocycles. The monoisotopic (exact) mass is 844 g/mol. The average molecular weight is 844 g/mol. The lowest BCUT2D eigenvalue weighted by Crippen LogP contribution is -2.65. The van der Waals surface area contributed by atoms with Crippen molar-refractivity contribution in [3.05, 3.63) is 36.3 Å². The number of carboxylic acid groups (broad SMARTS) is 1. The fourth-order valence-electron chi connectivity index (χ4n) is 11.3. The van der Waals surface area contributed by atoms with Crippen LogP contribution in [0, 0.1) is 41.4 Å². The zero-order valence-corrected chi connectivity index (χ0v) is 37.6. The Morgan fingerprint density at radius 1 is 0.917 bits per heavy atom. The van der Waals surface area contributed by atoms with Crippen LogP contribution in [-0.4, -0.2) is 98.4 Å². The summed E-state index contributed by atoms with van der Waals surface area (Å²) < 4.78 is 39.9. The number of hydrogen-bond acceptors (Lipinski definition) is 11. The SMILES string of the molecule is CCC(C(=O)O)[C@H]1CC[C@H](C)[C@H]([C@@H](C)[C@H](O)[C@H](C)C(=O)[C@H](CC)[C@H]2O[C@]3(C=CC(NC(=O)c4ccco4)[C@]4(CC[C@@](C)([C@H]5CC[C@](O)(CC)[C@H](C)O5)O4)O3)[C@H](C)C[C@@H]2C)O1. The number of aliphatic carboxylic acids is 1. The number of carbonyl (C=O) groups is 3. The number of ketones is 1. The lowest BCUT2D eigenvalue weighted by atomic mass is 9.72. The van der Waals surface area contributed by atoms with Gasteiger partial charge in [0.2, 0.25) is 0 Å². The van der Waals surface area contributed by atoms with Gasteiger partial charge in [0, 0.05) is 30.1 Å². The topological polar surface area (TPSA) is 183 Å². The molecule has 1 aromatic heterocycles. The number of Topliss-reactive ketones (excluding diaryl/α,β-unsaturated/α-hetero) is 1. The number of amides is 1. The van der Waals surface area contributed by atoms with Gasteiger partial charge in [0.15, 0.2) is 17.3 Å². The van der Waals surface area contributed by atoms with Crippen molar-refractivity contribution in [2.45, 2.75) is 199 Å². The second kappa shape index (κ2) is 18.2. The molecule has 0 bridgehead atoms. The first kappa shape index (κ1) is 46.8. The van der Waals surface area contributed by atoms with E-state index < -0.39 is 94.9 Å². The van der Waals surface area contributed by atoms with Gasteiger partial charge in [-0.25, -0.2) is 0 Å². The number of ether oxygens (including phenoxy) is 5. The maximum Gasteiger partial charge on any atom is 0.309 e. The Hall–Kier alpha value is -2.65. The Bertz CT molecular complexity index is 1690. The molecule has 6 rings (SSSR count). The fourth-order valence-corrected chi connectivity index (χ4v) is 11.3. The minimum Gasteiger partial charge on any atom is -0.481 e. The van der Waals surface area contributed by atoms with Gasteiger partial charge in [0.1, 0.15) is 11.8 Å². The van der Waals surface area contributed by atoms with Crippen molar-refractivity contribution in [2.24, 2.45) is 41.4 Å². The summed E-state index contributed by atoms with van der Waals surface area (Å²) in [7, 11) is 0. The molecule has 60 heavy (non-hydrogen) atoms. The molecule has 0 radical (unpaired) electrons. The second-order valence-electron chi connectivity index (χ2n) is 19.4. The zero-order valence-electron chi connectivity index (χ0n) is 37.6. The summed E-state index contributed by atoms with van der Waals surface area (Å²) in [6.45, 7) is 19.6. The van der Waals surface area contributed by atoms with E-state index in [0.717, 1.165) is 6.42 Å². The van der Waals surface area contributed by atoms with E-state index in [-0.39, 0.29) is 35.4 Å². The lowest BCUT2D eigenvalue weighted by Gasteiger charge is -2.55. The molecule has 4 N–H and O–H groups in total. The standard InChI is InChI=1S/C47H73NO12/c1-11-32(43(52)53)34-17-16-26(4)40(57-34)30(8)38(49)29(7)39(50)33(12-2)41-27(5)25-28(6)46(58-41)21-18-36(48-42(51)35-15-14-24-55-35)47(60-46)23-22-44(10,59-47)37-19-20-45(54,13-3)31(9)56-37/h14-15,18,21,24,26-34,36-38,40-41,49,54H,11-13,16-17,19-20,22-23,25H2,1-10H3,(H,48,51)(H,52,53)/t26-,27-,28+,29-,30-,31-,32?,33-,34+,36?,37+,38+,40+,41-,44-,45+,46-,47-/m0/s1. The van der Waals surface area contributed by atoms with Gasteiger partial charge in [0.05, 0.1) is 60.0 Å². The van der Waals surface area contributed by atoms with Crippen LogP contribution in [0.3, 0.4) is 0 Å². The van der Waals surface area contributed by atoms with Crippen LogP contribution < -0.4 is 5.32 Å². The summed E-state index contributed by atoms with van der Waals surface area (Å²) in [5.74, 6) is -6.37. The number of carboxylic acids is 1. The van der Waals surface area contributed by atoms with Crippen LogP contribution in [0.2, 0.25) is 0 Å². The highest BCUT2D eigenvalue weighted by atomic mass is 16.8. The predicted octanol–water partition coefficient (Wildman–Crippen LogP) is 7.22. The zero-order chi connectivity index (χ0) is 43.9. The Labute approximate surface area is 356 Å². The fraction of sp³-hybridized carbons (Fsp3) is 0.809. The van der Waals surface area contributed by atoms with Crippen LogP contribution in [0.5, 0.6) is 0 Å². The van der Waals surface area contributed by atoms with Gasteiger partial charge in [0.25, 0.3) is 5.91 Å². The maximum absolute atomic E-state index is 14.6. The highest BCUT2D eigenvalue weighted by molar-refractivity contribution is 5.91. The van der Waals surface area contributed by atoms with Gasteiger partial charge in [-0.05, 0) is 102 Å². The van der Waals surface area contributed by atoms with Crippen LogP contribution in [0.15, 0.2) is 35.0 Å². The van der Waals surface area contributed by atoms with Gasteiger partial charge < -0.3 is 48.7 Å². The van der Waals surface area contributed by atoms with Crippen molar-refractivity contribution in [2.75, 3.05) is 0 Å². The summed E-state index contributed by atoms with van der Waals surface area (Å²) in [4.78, 5) is 40.2. The van der Waals surface area contributed by atoms with Gasteiger partial charge in [-0.15, -0.1) is 0 Å². The van der Waals surface area contributed by atoms with Crippen LogP contribution in [0.4, 0.5) is 0 Å². The highest BCUT2D eigenvalue weighted by Crippen LogP contribution is 2.54. The molecular weight excluding hydrogens is 771 g/mol. The third-order valence-electron chi connectivity index (χ3n) is 15.5. The Morgan fingerprint density at radius 3 is 2.25 bits per heavy atom. The number of rotatable bonds is 14. The molecule has 5 aliphatic rings. The summed E-state index contributed by atoms with van der Waals surface area (Å²) in [5.41, 5.74) is -1.74. The van der Waals surface area contributed by atoms with Crippen molar-refractivity contribution in [1.29, 1.82) is 0 Å². The molecule has 4 fully saturated rings. The van der Waals surface area contributed by atoms with E-state index >= 15 is 0 Å². The van der Waals surface area contributed by atoms with E-state index in [1.807, 2.05) is 53.7 Å². The molecule has 2 spiro atoms. The molecular formula is C47H73NO12. The van der Waals surface area contributed by atoms with E-state index in [0.29, 0.717) is 57.8 Å². The molecule has 338 valence electrons. The van der Waals surface area contributed by atoms with Crippen molar-refractivity contribution in [3.8, 4) is 0 Å². The number of furan rings is 1. The molecule has 2 unspecified atom stereocenters. The number of aliphatic hydroxyl groups is 2. The summed E-state index contributed by atoms with van der Waals surface area (Å²) in [5, 5.41) is 36.0. The van der Waals surface area contributed by atoms with E-state index in [9.17, 15) is 29.7 Å².